The second-order valence-corrected chi connectivity index (χ2v) is 4.23. The van der Waals surface area contributed by atoms with Gasteiger partial charge in [-0.1, -0.05) is 24.3 Å². The van der Waals surface area contributed by atoms with Crippen molar-refractivity contribution in [2.24, 2.45) is 0 Å². The summed E-state index contributed by atoms with van der Waals surface area (Å²) >= 11 is 5.24. The Kier molecular flexibility index (Phi) is 6.68. The lowest BCUT2D eigenvalue weighted by atomic mass is 10.2. The minimum atomic E-state index is 0.438. The molecule has 0 saturated heterocycles. The van der Waals surface area contributed by atoms with Crippen LogP contribution in [0, 0.1) is 0 Å². The topological polar surface area (TPSA) is 21.7 Å². The van der Waals surface area contributed by atoms with Gasteiger partial charge in [0.25, 0.3) is 5.17 Å². The summed E-state index contributed by atoms with van der Waals surface area (Å²) < 4.78 is 10.7. The minimum Gasteiger partial charge on any atom is -0.497 e. The van der Waals surface area contributed by atoms with E-state index in [1.54, 1.807) is 19.3 Å². The zero-order valence-corrected chi connectivity index (χ0v) is 12.0. The van der Waals surface area contributed by atoms with Crippen LogP contribution in [0.2, 0.25) is 0 Å². The molecule has 0 heterocycles. The van der Waals surface area contributed by atoms with E-state index in [4.69, 9.17) is 21.7 Å². The molecule has 0 aliphatic heterocycles. The Bertz CT molecular complexity index is 418. The van der Waals surface area contributed by atoms with Gasteiger partial charge in [0.2, 0.25) is 0 Å². The van der Waals surface area contributed by atoms with Gasteiger partial charge >= 0.3 is 0 Å². The first kappa shape index (κ1) is 15.2. The molecule has 0 unspecified atom stereocenters. The van der Waals surface area contributed by atoms with E-state index in [2.05, 4.69) is 13.2 Å². The molecule has 4 heteroatoms. The third-order valence-corrected chi connectivity index (χ3v) is 2.85. The molecular formula is C15H19NO2S. The highest BCUT2D eigenvalue weighted by Gasteiger charge is 2.07. The van der Waals surface area contributed by atoms with Gasteiger partial charge in [-0.25, -0.2) is 0 Å². The van der Waals surface area contributed by atoms with Crippen LogP contribution in [-0.2, 0) is 11.3 Å². The van der Waals surface area contributed by atoms with E-state index < -0.39 is 0 Å². The summed E-state index contributed by atoms with van der Waals surface area (Å²) in [7, 11) is 1.64. The van der Waals surface area contributed by atoms with Crippen LogP contribution in [-0.4, -0.2) is 30.3 Å². The highest BCUT2D eigenvalue weighted by Crippen LogP contribution is 2.12. The molecule has 1 rings (SSSR count). The number of hydrogen-bond acceptors (Lipinski definition) is 3. The number of thiocarbonyl (C=S) groups is 1. The second kappa shape index (κ2) is 8.32. The summed E-state index contributed by atoms with van der Waals surface area (Å²) in [5.74, 6) is 0.825. The number of hydrogen-bond donors (Lipinski definition) is 0. The fraction of sp³-hybridized carbons (Fsp3) is 0.267. The highest BCUT2D eigenvalue weighted by atomic mass is 32.1. The lowest BCUT2D eigenvalue weighted by molar-refractivity contribution is 0.245. The van der Waals surface area contributed by atoms with E-state index >= 15 is 0 Å². The van der Waals surface area contributed by atoms with Crippen LogP contribution < -0.4 is 4.74 Å². The Hall–Kier alpha value is -1.81. The fourth-order valence-electron chi connectivity index (χ4n) is 1.49. The van der Waals surface area contributed by atoms with Gasteiger partial charge in [0.15, 0.2) is 0 Å². The van der Waals surface area contributed by atoms with Gasteiger partial charge in [-0.3, -0.25) is 0 Å². The maximum Gasteiger partial charge on any atom is 0.260 e. The minimum absolute atomic E-state index is 0.438. The quantitative estimate of drug-likeness (QED) is 0.563. The first-order valence-electron chi connectivity index (χ1n) is 5.97. The van der Waals surface area contributed by atoms with Crippen LogP contribution in [0.4, 0.5) is 0 Å². The molecule has 0 amide bonds. The van der Waals surface area contributed by atoms with Gasteiger partial charge in [-0.05, 0) is 29.9 Å². The molecule has 3 nitrogen and oxygen atoms in total. The van der Waals surface area contributed by atoms with Gasteiger partial charge in [-0.2, -0.15) is 0 Å². The molecule has 1 aromatic rings. The predicted octanol–water partition coefficient (Wildman–Crippen LogP) is 3.17. The Morgan fingerprint density at radius 1 is 1.21 bits per heavy atom. The first-order valence-corrected chi connectivity index (χ1v) is 6.38. The van der Waals surface area contributed by atoms with Crippen molar-refractivity contribution >= 4 is 17.4 Å². The van der Waals surface area contributed by atoms with E-state index in [9.17, 15) is 0 Å². The lowest BCUT2D eigenvalue weighted by Gasteiger charge is -2.21. The highest BCUT2D eigenvalue weighted by molar-refractivity contribution is 7.80. The van der Waals surface area contributed by atoms with Crippen molar-refractivity contribution in [2.45, 2.75) is 6.61 Å². The van der Waals surface area contributed by atoms with E-state index in [1.165, 1.54) is 0 Å². The summed E-state index contributed by atoms with van der Waals surface area (Å²) in [6, 6.07) is 7.69. The zero-order valence-electron chi connectivity index (χ0n) is 11.2. The Morgan fingerprint density at radius 3 is 2.26 bits per heavy atom. The fourth-order valence-corrected chi connectivity index (χ4v) is 1.70. The zero-order chi connectivity index (χ0) is 14.1. The van der Waals surface area contributed by atoms with Crippen LogP contribution in [0.3, 0.4) is 0 Å². The summed E-state index contributed by atoms with van der Waals surface area (Å²) in [6.07, 6.45) is 3.57. The van der Waals surface area contributed by atoms with Crippen LogP contribution in [0.15, 0.2) is 49.6 Å². The van der Waals surface area contributed by atoms with Crippen LogP contribution in [0.1, 0.15) is 5.56 Å². The molecule has 0 aliphatic carbocycles. The molecular weight excluding hydrogens is 258 g/mol. The predicted molar refractivity (Wildman–Crippen MR) is 82.3 cm³/mol. The summed E-state index contributed by atoms with van der Waals surface area (Å²) in [5.41, 5.74) is 1.04. The number of methoxy groups -OCH3 is 1. The van der Waals surface area contributed by atoms with Crippen molar-refractivity contribution in [3.63, 3.8) is 0 Å². The molecule has 102 valence electrons. The van der Waals surface area contributed by atoms with Gasteiger partial charge in [-0.15, -0.1) is 13.2 Å². The molecule has 0 aliphatic rings. The number of rotatable bonds is 7. The molecule has 1 aromatic carbocycles. The number of nitrogens with zero attached hydrogens (tertiary/aromatic N) is 1. The smallest absolute Gasteiger partial charge is 0.260 e. The molecule has 0 aromatic heterocycles. The van der Waals surface area contributed by atoms with Crippen LogP contribution >= 0.6 is 12.2 Å². The van der Waals surface area contributed by atoms with Crippen molar-refractivity contribution in [2.75, 3.05) is 20.2 Å². The standard InChI is InChI=1S/C15H19NO2S/c1-4-10-16(11-5-2)15(19)18-12-13-6-8-14(17-3)9-7-13/h4-9H,1-2,10-12H2,3H3. The van der Waals surface area contributed by atoms with E-state index in [-0.39, 0.29) is 0 Å². The maximum atomic E-state index is 5.59. The first-order chi connectivity index (χ1) is 9.21. The van der Waals surface area contributed by atoms with Crippen molar-refractivity contribution in [3.05, 3.63) is 55.1 Å². The third-order valence-electron chi connectivity index (χ3n) is 2.48. The SMILES string of the molecule is C=CCN(CC=C)C(=S)OCc1ccc(OC)cc1. The Morgan fingerprint density at radius 2 is 1.79 bits per heavy atom. The Labute approximate surface area is 120 Å². The molecule has 0 radical (unpaired) electrons. The molecule has 0 N–H and O–H groups in total. The largest absolute Gasteiger partial charge is 0.497 e. The van der Waals surface area contributed by atoms with Gasteiger partial charge in [0.05, 0.1) is 7.11 Å². The number of benzene rings is 1. The van der Waals surface area contributed by atoms with E-state index in [0.29, 0.717) is 24.9 Å². The van der Waals surface area contributed by atoms with Crippen molar-refractivity contribution in [1.82, 2.24) is 4.90 Å². The maximum absolute atomic E-state index is 5.59. The summed E-state index contributed by atoms with van der Waals surface area (Å²) in [5, 5.41) is 0.454. The number of ether oxygens (including phenoxy) is 2. The average Bonchev–Trinajstić information content (AvgIpc) is 2.45. The molecule has 0 fully saturated rings. The lowest BCUT2D eigenvalue weighted by Crippen LogP contribution is -2.31. The molecule has 0 atom stereocenters. The summed E-state index contributed by atoms with van der Waals surface area (Å²) in [4.78, 5) is 1.89. The van der Waals surface area contributed by atoms with Crippen LogP contribution in [0.5, 0.6) is 5.75 Å². The molecule has 0 saturated carbocycles. The van der Waals surface area contributed by atoms with Gasteiger partial charge < -0.3 is 14.4 Å². The third kappa shape index (κ3) is 5.14. The van der Waals surface area contributed by atoms with Gasteiger partial charge in [0, 0.05) is 13.1 Å². The van der Waals surface area contributed by atoms with E-state index in [0.717, 1.165) is 11.3 Å². The molecule has 0 bridgehead atoms. The molecule has 0 spiro atoms. The van der Waals surface area contributed by atoms with Crippen LogP contribution in [0.25, 0.3) is 0 Å². The normalized spacial score (nSPS) is 9.53. The monoisotopic (exact) mass is 277 g/mol. The van der Waals surface area contributed by atoms with E-state index in [1.807, 2.05) is 29.2 Å². The summed E-state index contributed by atoms with van der Waals surface area (Å²) in [6.45, 7) is 9.13. The van der Waals surface area contributed by atoms with Crippen molar-refractivity contribution in [1.29, 1.82) is 0 Å². The van der Waals surface area contributed by atoms with Crippen molar-refractivity contribution < 1.29 is 9.47 Å². The molecule has 19 heavy (non-hydrogen) atoms. The van der Waals surface area contributed by atoms with Gasteiger partial charge in [0.1, 0.15) is 12.4 Å². The van der Waals surface area contributed by atoms with Crippen molar-refractivity contribution in [3.8, 4) is 5.75 Å². The Balaban J connectivity index is 2.51. The second-order valence-electron chi connectivity index (χ2n) is 3.88. The average molecular weight is 277 g/mol.